The fourth-order valence-corrected chi connectivity index (χ4v) is 4.53. The second kappa shape index (κ2) is 17.2. The van der Waals surface area contributed by atoms with Crippen LogP contribution in [-0.2, 0) is 0 Å². The van der Waals surface area contributed by atoms with E-state index in [1.165, 1.54) is 103 Å². The molecule has 0 atom stereocenters. The minimum Gasteiger partial charge on any atom is -0.384 e. The van der Waals surface area contributed by atoms with Crippen molar-refractivity contribution in [3.8, 4) is 0 Å². The van der Waals surface area contributed by atoms with Crippen molar-refractivity contribution < 1.29 is 0 Å². The van der Waals surface area contributed by atoms with Gasteiger partial charge in [0.25, 0.3) is 0 Å². The lowest BCUT2D eigenvalue weighted by molar-refractivity contribution is 0.259. The first-order valence-electron chi connectivity index (χ1n) is 13.2. The quantitative estimate of drug-likeness (QED) is 0.213. The fraction of sp³-hybridized carbons (Fsp3) is 0.679. The third kappa shape index (κ3) is 11.0. The summed E-state index contributed by atoms with van der Waals surface area (Å²) >= 11 is 6.12. The van der Waals surface area contributed by atoms with Gasteiger partial charge in [0.2, 0.25) is 0 Å². The molecule has 180 valence electrons. The third-order valence-corrected chi connectivity index (χ3v) is 6.56. The number of rotatable bonds is 19. The highest BCUT2D eigenvalue weighted by Gasteiger charge is 2.06. The average Bonchev–Trinajstić information content (AvgIpc) is 2.80. The second-order valence-electron chi connectivity index (χ2n) is 9.18. The summed E-state index contributed by atoms with van der Waals surface area (Å²) in [7, 11) is 0. The lowest BCUT2D eigenvalue weighted by Crippen LogP contribution is -2.28. The molecule has 1 heterocycles. The molecule has 3 nitrogen and oxygen atoms in total. The Bertz CT molecular complexity index is 718. The zero-order valence-electron chi connectivity index (χ0n) is 20.7. The van der Waals surface area contributed by atoms with Crippen LogP contribution in [0.4, 0.5) is 5.69 Å². The number of pyridine rings is 1. The van der Waals surface area contributed by atoms with Crippen molar-refractivity contribution >= 4 is 28.2 Å². The molecule has 2 rings (SSSR count). The maximum atomic E-state index is 6.12. The molecule has 0 saturated carbocycles. The van der Waals surface area contributed by atoms with Gasteiger partial charge in [-0.2, -0.15) is 0 Å². The van der Waals surface area contributed by atoms with E-state index < -0.39 is 0 Å². The zero-order chi connectivity index (χ0) is 22.9. The van der Waals surface area contributed by atoms with Crippen molar-refractivity contribution in [3.05, 3.63) is 35.5 Å². The minimum absolute atomic E-state index is 0.738. The molecule has 2 aromatic rings. The second-order valence-corrected chi connectivity index (χ2v) is 9.61. The molecule has 0 spiro atoms. The Hall–Kier alpha value is -1.32. The first-order chi connectivity index (χ1) is 15.7. The van der Waals surface area contributed by atoms with E-state index in [4.69, 9.17) is 11.6 Å². The van der Waals surface area contributed by atoms with Gasteiger partial charge < -0.3 is 10.2 Å². The van der Waals surface area contributed by atoms with Gasteiger partial charge >= 0.3 is 0 Å². The van der Waals surface area contributed by atoms with Crippen LogP contribution in [0.25, 0.3) is 10.9 Å². The Labute approximate surface area is 202 Å². The highest BCUT2D eigenvalue weighted by atomic mass is 35.5. The zero-order valence-corrected chi connectivity index (χ0v) is 21.4. The summed E-state index contributed by atoms with van der Waals surface area (Å²) in [6, 6.07) is 8.02. The van der Waals surface area contributed by atoms with E-state index >= 15 is 0 Å². The molecule has 0 fully saturated rings. The average molecular weight is 460 g/mol. The molecule has 0 radical (unpaired) electrons. The first-order valence-corrected chi connectivity index (χ1v) is 13.6. The Balaban J connectivity index is 1.73. The maximum absolute atomic E-state index is 6.12. The summed E-state index contributed by atoms with van der Waals surface area (Å²) in [6.07, 6.45) is 19.6. The van der Waals surface area contributed by atoms with Gasteiger partial charge in [0, 0.05) is 28.8 Å². The Morgan fingerprint density at radius 3 is 2.00 bits per heavy atom. The topological polar surface area (TPSA) is 28.2 Å². The van der Waals surface area contributed by atoms with Crippen molar-refractivity contribution in [2.24, 2.45) is 0 Å². The van der Waals surface area contributed by atoms with Crippen molar-refractivity contribution in [1.82, 2.24) is 9.88 Å². The maximum Gasteiger partial charge on any atom is 0.0737 e. The lowest BCUT2D eigenvalue weighted by Gasteiger charge is -2.22. The van der Waals surface area contributed by atoms with Crippen LogP contribution in [0.15, 0.2) is 30.5 Å². The summed E-state index contributed by atoms with van der Waals surface area (Å²) in [5.74, 6) is 0. The number of fused-ring (bicyclic) bond motifs is 1. The van der Waals surface area contributed by atoms with E-state index in [2.05, 4.69) is 41.2 Å². The number of halogens is 1. The molecule has 0 bridgehead atoms. The molecule has 1 aromatic heterocycles. The van der Waals surface area contributed by atoms with Crippen LogP contribution in [0.2, 0.25) is 5.02 Å². The number of anilines is 1. The molecule has 0 saturated heterocycles. The van der Waals surface area contributed by atoms with Crippen molar-refractivity contribution in [1.29, 1.82) is 0 Å². The number of nitrogens with zero attached hydrogens (tertiary/aromatic N) is 2. The van der Waals surface area contributed by atoms with E-state index in [9.17, 15) is 0 Å². The van der Waals surface area contributed by atoms with E-state index in [1.54, 1.807) is 0 Å². The van der Waals surface area contributed by atoms with Crippen LogP contribution in [0.3, 0.4) is 0 Å². The predicted molar refractivity (Wildman–Crippen MR) is 143 cm³/mol. The van der Waals surface area contributed by atoms with Gasteiger partial charge in [0.15, 0.2) is 0 Å². The molecular weight excluding hydrogens is 414 g/mol. The number of aromatic nitrogens is 1. The van der Waals surface area contributed by atoms with Crippen LogP contribution in [-0.4, -0.2) is 36.1 Å². The predicted octanol–water partition coefficient (Wildman–Crippen LogP) is 8.71. The fourth-order valence-electron chi connectivity index (χ4n) is 4.37. The molecule has 0 unspecified atom stereocenters. The third-order valence-electron chi connectivity index (χ3n) is 6.33. The van der Waals surface area contributed by atoms with Crippen molar-refractivity contribution in [2.75, 3.05) is 31.5 Å². The molecule has 1 N–H and O–H groups in total. The van der Waals surface area contributed by atoms with Crippen LogP contribution in [0, 0.1) is 0 Å². The summed E-state index contributed by atoms with van der Waals surface area (Å²) in [5, 5.41) is 5.52. The highest BCUT2D eigenvalue weighted by molar-refractivity contribution is 6.31. The highest BCUT2D eigenvalue weighted by Crippen LogP contribution is 2.24. The lowest BCUT2D eigenvalue weighted by atomic mass is 10.1. The van der Waals surface area contributed by atoms with Crippen molar-refractivity contribution in [3.63, 3.8) is 0 Å². The van der Waals surface area contributed by atoms with Gasteiger partial charge in [-0.05, 0) is 63.2 Å². The summed E-state index contributed by atoms with van der Waals surface area (Å²) in [6.45, 7) is 9.28. The molecule has 32 heavy (non-hydrogen) atoms. The molecule has 0 aliphatic carbocycles. The number of hydrogen-bond acceptors (Lipinski definition) is 3. The smallest absolute Gasteiger partial charge is 0.0737 e. The standard InChI is InChI=1S/C28H46ClN3/c1-3-5-7-9-11-13-21-32(22-14-12-10-8-6-4-2)23-15-19-30-27-18-20-31-28-24-25(29)16-17-26(27)28/h16-18,20,24H,3-15,19,21-23H2,1-2H3,(H,30,31). The van der Waals surface area contributed by atoms with Crippen LogP contribution >= 0.6 is 11.6 Å². The first kappa shape index (κ1) is 26.9. The molecule has 0 aliphatic rings. The number of benzene rings is 1. The van der Waals surface area contributed by atoms with Gasteiger partial charge in [0.1, 0.15) is 0 Å². The van der Waals surface area contributed by atoms with Gasteiger partial charge in [-0.1, -0.05) is 89.7 Å². The van der Waals surface area contributed by atoms with Gasteiger partial charge in [-0.15, -0.1) is 0 Å². The van der Waals surface area contributed by atoms with E-state index in [1.807, 2.05) is 18.3 Å². The normalized spacial score (nSPS) is 11.5. The van der Waals surface area contributed by atoms with Crippen LogP contribution in [0.1, 0.15) is 97.3 Å². The number of hydrogen-bond donors (Lipinski definition) is 1. The monoisotopic (exact) mass is 459 g/mol. The molecule has 1 aromatic carbocycles. The molecule has 0 aliphatic heterocycles. The van der Waals surface area contributed by atoms with Crippen LogP contribution < -0.4 is 5.32 Å². The van der Waals surface area contributed by atoms with E-state index in [-0.39, 0.29) is 0 Å². The largest absolute Gasteiger partial charge is 0.384 e. The summed E-state index contributed by atoms with van der Waals surface area (Å²) in [5.41, 5.74) is 2.11. The summed E-state index contributed by atoms with van der Waals surface area (Å²) in [4.78, 5) is 7.16. The Morgan fingerprint density at radius 2 is 1.34 bits per heavy atom. The van der Waals surface area contributed by atoms with Gasteiger partial charge in [-0.3, -0.25) is 4.98 Å². The Morgan fingerprint density at radius 1 is 0.750 bits per heavy atom. The number of nitrogens with one attached hydrogen (secondary N) is 1. The molecular formula is C28H46ClN3. The SMILES string of the molecule is CCCCCCCCN(CCCCCCCC)CCCNc1ccnc2cc(Cl)ccc12. The van der Waals surface area contributed by atoms with E-state index in [0.717, 1.165) is 28.2 Å². The van der Waals surface area contributed by atoms with Gasteiger partial charge in [-0.25, -0.2) is 0 Å². The molecule has 4 heteroatoms. The molecule has 0 amide bonds. The van der Waals surface area contributed by atoms with Crippen molar-refractivity contribution in [2.45, 2.75) is 97.3 Å². The van der Waals surface area contributed by atoms with Gasteiger partial charge in [0.05, 0.1) is 5.52 Å². The van der Waals surface area contributed by atoms with E-state index in [0.29, 0.717) is 0 Å². The minimum atomic E-state index is 0.738. The van der Waals surface area contributed by atoms with Crippen LogP contribution in [0.5, 0.6) is 0 Å². The summed E-state index contributed by atoms with van der Waals surface area (Å²) < 4.78 is 0. The number of unbranched alkanes of at least 4 members (excludes halogenated alkanes) is 10. The Kier molecular flexibility index (Phi) is 14.5.